The minimum absolute atomic E-state index is 0.117. The molecule has 1 rings (SSSR count). The first-order valence-electron chi connectivity index (χ1n) is 7.25. The summed E-state index contributed by atoms with van der Waals surface area (Å²) in [5.74, 6) is 0. The highest BCUT2D eigenvalue weighted by molar-refractivity contribution is 6.12. The van der Waals surface area contributed by atoms with Gasteiger partial charge in [-0.05, 0) is 53.7 Å². The molecule has 126 valence electrons. The molecule has 2 amide bonds. The normalized spacial score (nSPS) is 11.6. The molecule has 0 spiro atoms. The SMILES string of the molecule is CC(C)(C)OC(=O)N(C(=O)OC(C)(C)C)c1ccccc1C=O. The van der Waals surface area contributed by atoms with Crippen LogP contribution in [0.25, 0.3) is 0 Å². The zero-order valence-electron chi connectivity index (χ0n) is 14.4. The van der Waals surface area contributed by atoms with Crippen molar-refractivity contribution < 1.29 is 23.9 Å². The average molecular weight is 321 g/mol. The molecule has 0 radical (unpaired) electrons. The van der Waals surface area contributed by atoms with Crippen LogP contribution in [-0.4, -0.2) is 29.7 Å². The second kappa shape index (κ2) is 6.81. The lowest BCUT2D eigenvalue weighted by atomic mass is 10.1. The average Bonchev–Trinajstić information content (AvgIpc) is 2.35. The second-order valence-corrected chi connectivity index (χ2v) is 6.97. The van der Waals surface area contributed by atoms with Gasteiger partial charge in [-0.3, -0.25) is 4.79 Å². The largest absolute Gasteiger partial charge is 0.443 e. The molecule has 0 aromatic heterocycles. The van der Waals surface area contributed by atoms with Gasteiger partial charge >= 0.3 is 12.2 Å². The van der Waals surface area contributed by atoms with Crippen molar-refractivity contribution in [1.82, 2.24) is 0 Å². The molecule has 0 N–H and O–H groups in total. The molecule has 0 fully saturated rings. The summed E-state index contributed by atoms with van der Waals surface area (Å²) in [5.41, 5.74) is -1.30. The van der Waals surface area contributed by atoms with Crippen LogP contribution in [-0.2, 0) is 9.47 Å². The third kappa shape index (κ3) is 5.73. The van der Waals surface area contributed by atoms with Gasteiger partial charge in [0, 0.05) is 5.56 Å². The number of rotatable bonds is 2. The Morgan fingerprint density at radius 2 is 1.35 bits per heavy atom. The lowest BCUT2D eigenvalue weighted by Gasteiger charge is -2.29. The van der Waals surface area contributed by atoms with Crippen LogP contribution in [0.5, 0.6) is 0 Å². The number of nitrogens with zero attached hydrogens (tertiary/aromatic N) is 1. The van der Waals surface area contributed by atoms with Crippen molar-refractivity contribution in [2.75, 3.05) is 4.90 Å². The van der Waals surface area contributed by atoms with Crippen LogP contribution in [0.3, 0.4) is 0 Å². The van der Waals surface area contributed by atoms with E-state index < -0.39 is 23.4 Å². The summed E-state index contributed by atoms with van der Waals surface area (Å²) in [5, 5.41) is 0. The van der Waals surface area contributed by atoms with Crippen molar-refractivity contribution >= 4 is 24.2 Å². The van der Waals surface area contributed by atoms with Gasteiger partial charge in [-0.15, -0.1) is 0 Å². The van der Waals surface area contributed by atoms with E-state index in [1.165, 1.54) is 12.1 Å². The number of anilines is 1. The van der Waals surface area contributed by atoms with Crippen LogP contribution in [0.4, 0.5) is 15.3 Å². The number of aldehydes is 1. The number of carbonyl (C=O) groups is 3. The van der Waals surface area contributed by atoms with Crippen molar-refractivity contribution in [2.24, 2.45) is 0 Å². The standard InChI is InChI=1S/C17H23NO5/c1-16(2,3)22-14(20)18(15(21)23-17(4,5)6)13-10-8-7-9-12(13)11-19/h7-11H,1-6H3. The highest BCUT2D eigenvalue weighted by Gasteiger charge is 2.33. The van der Waals surface area contributed by atoms with Crippen LogP contribution in [0.2, 0.25) is 0 Å². The quantitative estimate of drug-likeness (QED) is 0.764. The molecule has 0 atom stereocenters. The number of benzene rings is 1. The summed E-state index contributed by atoms with van der Waals surface area (Å²) < 4.78 is 10.5. The Morgan fingerprint density at radius 1 is 0.913 bits per heavy atom. The van der Waals surface area contributed by atoms with Crippen LogP contribution in [0, 0.1) is 0 Å². The summed E-state index contributed by atoms with van der Waals surface area (Å²) >= 11 is 0. The molecule has 0 saturated heterocycles. The van der Waals surface area contributed by atoms with E-state index in [9.17, 15) is 14.4 Å². The predicted octanol–water partition coefficient (Wildman–Crippen LogP) is 4.18. The molecular weight excluding hydrogens is 298 g/mol. The second-order valence-electron chi connectivity index (χ2n) is 6.97. The summed E-state index contributed by atoms with van der Waals surface area (Å²) in [6, 6.07) is 6.24. The molecule has 0 unspecified atom stereocenters. The molecule has 0 bridgehead atoms. The molecule has 6 nitrogen and oxygen atoms in total. The number of hydrogen-bond donors (Lipinski definition) is 0. The van der Waals surface area contributed by atoms with Gasteiger partial charge in [0.05, 0.1) is 5.69 Å². The van der Waals surface area contributed by atoms with Gasteiger partial charge in [0.25, 0.3) is 0 Å². The number of carbonyl (C=O) groups excluding carboxylic acids is 3. The van der Waals surface area contributed by atoms with Gasteiger partial charge in [-0.1, -0.05) is 12.1 Å². The maximum absolute atomic E-state index is 12.4. The molecule has 6 heteroatoms. The molecule has 1 aromatic rings. The van der Waals surface area contributed by atoms with Crippen molar-refractivity contribution in [2.45, 2.75) is 52.7 Å². The zero-order valence-corrected chi connectivity index (χ0v) is 14.4. The smallest absolute Gasteiger partial charge is 0.424 e. The van der Waals surface area contributed by atoms with Crippen molar-refractivity contribution in [3.8, 4) is 0 Å². The number of amides is 2. The predicted molar refractivity (Wildman–Crippen MR) is 86.8 cm³/mol. The number of para-hydroxylation sites is 1. The van der Waals surface area contributed by atoms with Gasteiger partial charge in [0.1, 0.15) is 11.2 Å². The lowest BCUT2D eigenvalue weighted by molar-refractivity contribution is 0.0430. The van der Waals surface area contributed by atoms with Crippen molar-refractivity contribution in [3.63, 3.8) is 0 Å². The summed E-state index contributed by atoms with van der Waals surface area (Å²) in [7, 11) is 0. The summed E-state index contributed by atoms with van der Waals surface area (Å²) in [6.07, 6.45) is -1.24. The van der Waals surface area contributed by atoms with E-state index in [1.807, 2.05) is 0 Å². The number of hydrogen-bond acceptors (Lipinski definition) is 5. The number of ether oxygens (including phenoxy) is 2. The van der Waals surface area contributed by atoms with Crippen molar-refractivity contribution in [1.29, 1.82) is 0 Å². The van der Waals surface area contributed by atoms with E-state index in [1.54, 1.807) is 53.7 Å². The Labute approximate surface area is 136 Å². The molecular formula is C17H23NO5. The first kappa shape index (κ1) is 18.7. The zero-order chi connectivity index (χ0) is 17.8. The number of imide groups is 1. The highest BCUT2D eigenvalue weighted by Crippen LogP contribution is 2.24. The maximum atomic E-state index is 12.4. The molecule has 1 aromatic carbocycles. The van der Waals surface area contributed by atoms with Gasteiger partial charge in [-0.2, -0.15) is 4.90 Å². The van der Waals surface area contributed by atoms with E-state index in [0.29, 0.717) is 6.29 Å². The first-order valence-corrected chi connectivity index (χ1v) is 7.25. The van der Waals surface area contributed by atoms with Gasteiger partial charge in [-0.25, -0.2) is 9.59 Å². The van der Waals surface area contributed by atoms with Gasteiger partial charge in [0.15, 0.2) is 6.29 Å². The molecule has 0 aliphatic carbocycles. The van der Waals surface area contributed by atoms with Crippen LogP contribution >= 0.6 is 0 Å². The molecule has 23 heavy (non-hydrogen) atoms. The van der Waals surface area contributed by atoms with E-state index in [4.69, 9.17) is 9.47 Å². The van der Waals surface area contributed by atoms with Gasteiger partial charge in [0.2, 0.25) is 0 Å². The molecule has 0 saturated carbocycles. The Bertz CT molecular complexity index is 568. The Balaban J connectivity index is 3.28. The molecule has 0 aliphatic heterocycles. The summed E-state index contributed by atoms with van der Waals surface area (Å²) in [4.78, 5) is 36.8. The fourth-order valence-corrected chi connectivity index (χ4v) is 1.68. The van der Waals surface area contributed by atoms with E-state index >= 15 is 0 Å². The maximum Gasteiger partial charge on any atom is 0.424 e. The summed E-state index contributed by atoms with van der Waals surface area (Å²) in [6.45, 7) is 10.1. The van der Waals surface area contributed by atoms with E-state index in [0.717, 1.165) is 4.90 Å². The van der Waals surface area contributed by atoms with Crippen molar-refractivity contribution in [3.05, 3.63) is 29.8 Å². The first-order chi connectivity index (χ1) is 10.4. The minimum Gasteiger partial charge on any atom is -0.443 e. The van der Waals surface area contributed by atoms with Crippen LogP contribution in [0.1, 0.15) is 51.9 Å². The minimum atomic E-state index is -0.902. The molecule has 0 aliphatic rings. The fourth-order valence-electron chi connectivity index (χ4n) is 1.68. The van der Waals surface area contributed by atoms with Gasteiger partial charge < -0.3 is 9.47 Å². The van der Waals surface area contributed by atoms with E-state index in [-0.39, 0.29) is 11.3 Å². The Morgan fingerprint density at radius 3 is 1.74 bits per heavy atom. The highest BCUT2D eigenvalue weighted by atomic mass is 16.6. The Kier molecular flexibility index (Phi) is 5.53. The third-order valence-corrected chi connectivity index (χ3v) is 2.46. The topological polar surface area (TPSA) is 72.9 Å². The molecule has 0 heterocycles. The monoisotopic (exact) mass is 321 g/mol. The third-order valence-electron chi connectivity index (χ3n) is 2.46. The lowest BCUT2D eigenvalue weighted by Crippen LogP contribution is -2.44. The van der Waals surface area contributed by atoms with E-state index in [2.05, 4.69) is 0 Å². The van der Waals surface area contributed by atoms with Crippen LogP contribution < -0.4 is 4.90 Å². The fraction of sp³-hybridized carbons (Fsp3) is 0.471. The Hall–Kier alpha value is -2.37. The van der Waals surface area contributed by atoms with Crippen LogP contribution in [0.15, 0.2) is 24.3 Å².